The van der Waals surface area contributed by atoms with E-state index in [1.165, 1.54) is 0 Å². The Balaban J connectivity index is 0.00000272. The smallest absolute Gasteiger partial charge is 0.192 e. The van der Waals surface area contributed by atoms with E-state index >= 15 is 0 Å². The van der Waals surface area contributed by atoms with Crippen LogP contribution in [0.3, 0.4) is 0 Å². The molecule has 0 unspecified atom stereocenters. The fourth-order valence-electron chi connectivity index (χ4n) is 2.91. The van der Waals surface area contributed by atoms with Crippen LogP contribution in [-0.2, 0) is 13.1 Å². The molecule has 0 fully saturated rings. The Labute approximate surface area is 196 Å². The molecule has 10 nitrogen and oxygen atoms in total. The Bertz CT molecular complexity index is 1140. The predicted molar refractivity (Wildman–Crippen MR) is 128 cm³/mol. The van der Waals surface area contributed by atoms with Crippen LogP contribution in [-0.4, -0.2) is 49.4 Å². The quantitative estimate of drug-likeness (QED) is 0.190. The lowest BCUT2D eigenvalue weighted by atomic mass is 10.2. The fourth-order valence-corrected chi connectivity index (χ4v) is 2.91. The van der Waals surface area contributed by atoms with Crippen molar-refractivity contribution in [3.63, 3.8) is 0 Å². The van der Waals surface area contributed by atoms with Gasteiger partial charge in [0.2, 0.25) is 0 Å². The molecule has 0 atom stereocenters. The number of benzene rings is 1. The van der Waals surface area contributed by atoms with E-state index in [-0.39, 0.29) is 24.0 Å². The molecule has 3 heterocycles. The van der Waals surface area contributed by atoms with Crippen molar-refractivity contribution in [2.24, 2.45) is 4.99 Å². The van der Waals surface area contributed by atoms with Crippen molar-refractivity contribution < 1.29 is 4.74 Å². The minimum Gasteiger partial charge on any atom is -0.497 e. The summed E-state index contributed by atoms with van der Waals surface area (Å²) in [5.74, 6) is 3.55. The summed E-state index contributed by atoms with van der Waals surface area (Å²) in [5, 5.41) is 22.1. The van der Waals surface area contributed by atoms with Crippen molar-refractivity contribution in [1.29, 1.82) is 0 Å². The first kappa shape index (κ1) is 22.5. The van der Waals surface area contributed by atoms with E-state index < -0.39 is 0 Å². The lowest BCUT2D eigenvalue weighted by Crippen LogP contribution is -2.37. The first-order valence-corrected chi connectivity index (χ1v) is 9.63. The number of fused-ring (bicyclic) bond motifs is 1. The summed E-state index contributed by atoms with van der Waals surface area (Å²) in [7, 11) is 1.64. The van der Waals surface area contributed by atoms with E-state index in [9.17, 15) is 0 Å². The van der Waals surface area contributed by atoms with Gasteiger partial charge in [-0.1, -0.05) is 6.07 Å². The topological polar surface area (TPSA) is 117 Å². The summed E-state index contributed by atoms with van der Waals surface area (Å²) < 4.78 is 7.12. The molecule has 4 aromatic rings. The number of rotatable bonds is 7. The fraction of sp³-hybridized carbons (Fsp3) is 0.250. The third-order valence-electron chi connectivity index (χ3n) is 4.41. The number of H-pyrrole nitrogens is 1. The minimum atomic E-state index is 0. The van der Waals surface area contributed by atoms with Crippen LogP contribution in [0.4, 0.5) is 0 Å². The van der Waals surface area contributed by atoms with Crippen LogP contribution in [0.15, 0.2) is 53.7 Å². The van der Waals surface area contributed by atoms with E-state index in [1.54, 1.807) is 7.11 Å². The van der Waals surface area contributed by atoms with Gasteiger partial charge in [-0.2, -0.15) is 5.10 Å². The van der Waals surface area contributed by atoms with Crippen molar-refractivity contribution in [3.05, 3.63) is 60.3 Å². The average Bonchev–Trinajstić information content (AvgIpc) is 3.43. The van der Waals surface area contributed by atoms with Gasteiger partial charge in [-0.3, -0.25) is 9.50 Å². The van der Waals surface area contributed by atoms with Crippen molar-refractivity contribution >= 4 is 35.6 Å². The molecule has 31 heavy (non-hydrogen) atoms. The van der Waals surface area contributed by atoms with Crippen molar-refractivity contribution in [2.45, 2.75) is 20.0 Å². The number of methoxy groups -OCH3 is 1. The van der Waals surface area contributed by atoms with E-state index in [1.807, 2.05) is 60.0 Å². The molecule has 1 aromatic carbocycles. The van der Waals surface area contributed by atoms with Crippen LogP contribution in [0.25, 0.3) is 17.0 Å². The number of nitrogens with zero attached hydrogens (tertiary/aromatic N) is 6. The molecule has 0 aliphatic carbocycles. The van der Waals surface area contributed by atoms with Gasteiger partial charge in [-0.15, -0.1) is 34.2 Å². The van der Waals surface area contributed by atoms with Crippen molar-refractivity contribution in [3.8, 4) is 17.1 Å². The highest BCUT2D eigenvalue weighted by Gasteiger charge is 2.08. The van der Waals surface area contributed by atoms with Gasteiger partial charge in [0.15, 0.2) is 23.3 Å². The lowest BCUT2D eigenvalue weighted by molar-refractivity contribution is 0.415. The number of aromatic nitrogens is 6. The normalized spacial score (nSPS) is 11.2. The second-order valence-corrected chi connectivity index (χ2v) is 6.43. The standard InChI is InChI=1S/C20H23N9O.HI/c1-3-21-20(23-13-18-27-26-17-6-4-5-11-29(17)18)22-12-16-24-19(28-25-16)14-7-9-15(30-2)10-8-14;/h4-11H,3,12-13H2,1-2H3,(H2,21,22,23)(H,24,25,28);1H. The van der Waals surface area contributed by atoms with Crippen LogP contribution in [0, 0.1) is 0 Å². The number of aliphatic imine (C=N–C) groups is 1. The highest BCUT2D eigenvalue weighted by Crippen LogP contribution is 2.19. The second kappa shape index (κ2) is 10.7. The minimum absolute atomic E-state index is 0. The number of hydrogen-bond donors (Lipinski definition) is 3. The number of pyridine rings is 1. The van der Waals surface area contributed by atoms with Crippen LogP contribution in [0.2, 0.25) is 0 Å². The Morgan fingerprint density at radius 3 is 2.74 bits per heavy atom. The zero-order valence-electron chi connectivity index (χ0n) is 17.2. The van der Waals surface area contributed by atoms with Gasteiger partial charge in [-0.05, 0) is 43.3 Å². The Morgan fingerprint density at radius 1 is 1.13 bits per heavy atom. The highest BCUT2D eigenvalue weighted by atomic mass is 127. The average molecular weight is 533 g/mol. The summed E-state index contributed by atoms with van der Waals surface area (Å²) >= 11 is 0. The molecular formula is C20H24IN9O. The SMILES string of the molecule is CCNC(=NCc1nc(-c2ccc(OC)cc2)n[nH]1)NCc1nnc2ccccn12.I. The molecule has 0 saturated heterocycles. The molecule has 4 rings (SSSR count). The first-order valence-electron chi connectivity index (χ1n) is 9.63. The van der Waals surface area contributed by atoms with E-state index in [4.69, 9.17) is 4.74 Å². The zero-order valence-corrected chi connectivity index (χ0v) is 19.6. The predicted octanol–water partition coefficient (Wildman–Crippen LogP) is 2.40. The van der Waals surface area contributed by atoms with Crippen LogP contribution >= 0.6 is 24.0 Å². The van der Waals surface area contributed by atoms with Crippen molar-refractivity contribution in [2.75, 3.05) is 13.7 Å². The molecule has 162 valence electrons. The molecule has 3 N–H and O–H groups in total. The summed E-state index contributed by atoms with van der Waals surface area (Å²) in [4.78, 5) is 9.10. The van der Waals surface area contributed by atoms with Gasteiger partial charge in [0.05, 0.1) is 13.7 Å². The Morgan fingerprint density at radius 2 is 1.97 bits per heavy atom. The van der Waals surface area contributed by atoms with Crippen LogP contribution in [0.1, 0.15) is 18.6 Å². The molecular weight excluding hydrogens is 509 g/mol. The summed E-state index contributed by atoms with van der Waals surface area (Å²) in [6.45, 7) is 3.60. The monoisotopic (exact) mass is 533 g/mol. The van der Waals surface area contributed by atoms with E-state index in [0.717, 1.165) is 29.3 Å². The molecule has 0 aliphatic heterocycles. The highest BCUT2D eigenvalue weighted by molar-refractivity contribution is 14.0. The molecule has 0 radical (unpaired) electrons. The van der Waals surface area contributed by atoms with Gasteiger partial charge < -0.3 is 15.4 Å². The van der Waals surface area contributed by atoms with Gasteiger partial charge in [-0.25, -0.2) is 9.98 Å². The number of ether oxygens (including phenoxy) is 1. The molecule has 0 aliphatic rings. The molecule has 0 amide bonds. The zero-order chi connectivity index (χ0) is 20.8. The van der Waals surface area contributed by atoms with E-state index in [0.29, 0.717) is 30.7 Å². The molecule has 0 bridgehead atoms. The molecule has 0 saturated carbocycles. The maximum atomic E-state index is 5.18. The van der Waals surface area contributed by atoms with Gasteiger partial charge in [0.1, 0.15) is 18.1 Å². The molecule has 11 heteroatoms. The van der Waals surface area contributed by atoms with Gasteiger partial charge in [0, 0.05) is 18.3 Å². The maximum absolute atomic E-state index is 5.18. The number of guanidine groups is 1. The van der Waals surface area contributed by atoms with Gasteiger partial charge >= 0.3 is 0 Å². The third-order valence-corrected chi connectivity index (χ3v) is 4.41. The lowest BCUT2D eigenvalue weighted by Gasteiger charge is -2.10. The molecule has 3 aromatic heterocycles. The van der Waals surface area contributed by atoms with E-state index in [2.05, 4.69) is 41.0 Å². The summed E-state index contributed by atoms with van der Waals surface area (Å²) in [6, 6.07) is 13.4. The number of halogens is 1. The summed E-state index contributed by atoms with van der Waals surface area (Å²) in [5.41, 5.74) is 1.72. The number of aromatic amines is 1. The molecule has 0 spiro atoms. The largest absolute Gasteiger partial charge is 0.497 e. The van der Waals surface area contributed by atoms with Gasteiger partial charge in [0.25, 0.3) is 0 Å². The third kappa shape index (κ3) is 5.48. The van der Waals surface area contributed by atoms with Crippen molar-refractivity contribution in [1.82, 2.24) is 40.4 Å². The number of hydrogen-bond acceptors (Lipinski definition) is 6. The Kier molecular flexibility index (Phi) is 7.76. The second-order valence-electron chi connectivity index (χ2n) is 6.43. The maximum Gasteiger partial charge on any atom is 0.192 e. The Hall–Kier alpha value is -3.22. The van der Waals surface area contributed by atoms with Crippen LogP contribution in [0.5, 0.6) is 5.75 Å². The first-order chi connectivity index (χ1) is 14.8. The summed E-state index contributed by atoms with van der Waals surface area (Å²) in [6.07, 6.45) is 1.94. The number of nitrogens with one attached hydrogen (secondary N) is 3. The van der Waals surface area contributed by atoms with Crippen LogP contribution < -0.4 is 15.4 Å².